The van der Waals surface area contributed by atoms with Crippen molar-refractivity contribution in [3.8, 4) is 0 Å². The van der Waals surface area contributed by atoms with Gasteiger partial charge in [-0.3, -0.25) is 9.69 Å². The summed E-state index contributed by atoms with van der Waals surface area (Å²) in [6.45, 7) is 4.74. The molecule has 5 heteroatoms. The lowest BCUT2D eigenvalue weighted by molar-refractivity contribution is -0.133. The summed E-state index contributed by atoms with van der Waals surface area (Å²) in [6, 6.07) is 9.70. The van der Waals surface area contributed by atoms with Crippen LogP contribution < -0.4 is 0 Å². The molecule has 126 valence electrons. The zero-order valence-electron chi connectivity index (χ0n) is 14.3. The number of para-hydroxylation sites is 1. The standard InChI is InChI=1S/C18H26N2O3/c1-13(21)9-10-19(3)12-18(22)20(4)14(2)17-11-15-7-5-6-8-16(15)23-17/h5-8,11,13-14,21H,9-10,12H2,1-4H3. The molecule has 2 unspecified atom stereocenters. The molecule has 0 bridgehead atoms. The number of nitrogens with zero attached hydrogens (tertiary/aromatic N) is 2. The zero-order chi connectivity index (χ0) is 17.0. The van der Waals surface area contributed by atoms with Gasteiger partial charge in [0.05, 0.1) is 18.7 Å². The highest BCUT2D eigenvalue weighted by Gasteiger charge is 2.21. The van der Waals surface area contributed by atoms with E-state index in [1.165, 1.54) is 0 Å². The number of hydrogen-bond donors (Lipinski definition) is 1. The summed E-state index contributed by atoms with van der Waals surface area (Å²) < 4.78 is 5.84. The molecule has 0 aliphatic carbocycles. The molecule has 0 spiro atoms. The fourth-order valence-electron chi connectivity index (χ4n) is 2.44. The minimum absolute atomic E-state index is 0.0334. The molecule has 1 heterocycles. The molecule has 0 saturated heterocycles. The van der Waals surface area contributed by atoms with Crippen molar-refractivity contribution < 1.29 is 14.3 Å². The summed E-state index contributed by atoms with van der Waals surface area (Å²) in [6.07, 6.45) is 0.312. The van der Waals surface area contributed by atoms with Crippen LogP contribution in [0, 0.1) is 0 Å². The van der Waals surface area contributed by atoms with E-state index in [1.807, 2.05) is 49.2 Å². The van der Waals surface area contributed by atoms with E-state index in [4.69, 9.17) is 4.42 Å². The van der Waals surface area contributed by atoms with Crippen LogP contribution in [-0.4, -0.2) is 54.1 Å². The van der Waals surface area contributed by atoms with Gasteiger partial charge in [-0.05, 0) is 39.4 Å². The van der Waals surface area contributed by atoms with Crippen molar-refractivity contribution in [2.75, 3.05) is 27.2 Å². The van der Waals surface area contributed by atoms with Crippen molar-refractivity contribution in [2.24, 2.45) is 0 Å². The fraction of sp³-hybridized carbons (Fsp3) is 0.500. The molecule has 0 saturated carbocycles. The summed E-state index contributed by atoms with van der Waals surface area (Å²) in [5, 5.41) is 10.4. The second-order valence-electron chi connectivity index (χ2n) is 6.24. The highest BCUT2D eigenvalue weighted by molar-refractivity contribution is 5.80. The van der Waals surface area contributed by atoms with Gasteiger partial charge in [0.25, 0.3) is 0 Å². The van der Waals surface area contributed by atoms with Gasteiger partial charge in [0.1, 0.15) is 11.3 Å². The first-order chi connectivity index (χ1) is 10.9. The third-order valence-electron chi connectivity index (χ3n) is 4.16. The molecule has 1 aromatic heterocycles. The van der Waals surface area contributed by atoms with Crippen LogP contribution in [0.3, 0.4) is 0 Å². The van der Waals surface area contributed by atoms with Crippen LogP contribution in [0.4, 0.5) is 0 Å². The van der Waals surface area contributed by atoms with E-state index in [-0.39, 0.29) is 18.1 Å². The molecule has 23 heavy (non-hydrogen) atoms. The van der Waals surface area contributed by atoms with Crippen molar-refractivity contribution in [3.05, 3.63) is 36.1 Å². The number of aliphatic hydroxyl groups is 1. The molecule has 0 aliphatic heterocycles. The molecule has 1 amide bonds. The molecule has 2 rings (SSSR count). The van der Waals surface area contributed by atoms with Crippen LogP contribution in [0.15, 0.2) is 34.7 Å². The van der Waals surface area contributed by atoms with Gasteiger partial charge in [0.2, 0.25) is 5.91 Å². The average molecular weight is 318 g/mol. The maximum Gasteiger partial charge on any atom is 0.237 e. The van der Waals surface area contributed by atoms with Gasteiger partial charge in [-0.2, -0.15) is 0 Å². The van der Waals surface area contributed by atoms with Crippen LogP contribution in [0.25, 0.3) is 11.0 Å². The molecule has 2 aromatic rings. The summed E-state index contributed by atoms with van der Waals surface area (Å²) in [5.41, 5.74) is 0.837. The SMILES string of the molecule is CC(O)CCN(C)CC(=O)N(C)C(C)c1cc2ccccc2o1. The lowest BCUT2D eigenvalue weighted by Crippen LogP contribution is -2.38. The maximum atomic E-state index is 12.4. The lowest BCUT2D eigenvalue weighted by Gasteiger charge is -2.26. The number of carbonyl (C=O) groups excluding carboxylic acids is 1. The Bertz CT molecular complexity index is 618. The van der Waals surface area contributed by atoms with E-state index in [9.17, 15) is 9.90 Å². The van der Waals surface area contributed by atoms with E-state index in [2.05, 4.69) is 0 Å². The zero-order valence-corrected chi connectivity index (χ0v) is 14.3. The maximum absolute atomic E-state index is 12.4. The third kappa shape index (κ3) is 4.56. The number of carbonyl (C=O) groups is 1. The average Bonchev–Trinajstić information content (AvgIpc) is 2.95. The van der Waals surface area contributed by atoms with Crippen molar-refractivity contribution in [2.45, 2.75) is 32.4 Å². The third-order valence-corrected chi connectivity index (χ3v) is 4.16. The highest BCUT2D eigenvalue weighted by atomic mass is 16.3. The number of hydrogen-bond acceptors (Lipinski definition) is 4. The van der Waals surface area contributed by atoms with Crippen molar-refractivity contribution >= 4 is 16.9 Å². The Balaban J connectivity index is 1.98. The van der Waals surface area contributed by atoms with Gasteiger partial charge in [0.15, 0.2) is 0 Å². The minimum Gasteiger partial charge on any atom is -0.459 e. The number of likely N-dealkylation sites (N-methyl/N-ethyl adjacent to an activating group) is 2. The van der Waals surface area contributed by atoms with Gasteiger partial charge < -0.3 is 14.4 Å². The molecular formula is C18H26N2O3. The van der Waals surface area contributed by atoms with Crippen LogP contribution in [0.1, 0.15) is 32.1 Å². The second kappa shape index (κ2) is 7.62. The first-order valence-corrected chi connectivity index (χ1v) is 7.99. The summed E-state index contributed by atoms with van der Waals surface area (Å²) in [7, 11) is 3.68. The Morgan fingerprint density at radius 3 is 2.61 bits per heavy atom. The Hall–Kier alpha value is -1.85. The lowest BCUT2D eigenvalue weighted by atomic mass is 10.2. The van der Waals surface area contributed by atoms with E-state index >= 15 is 0 Å². The fourth-order valence-corrected chi connectivity index (χ4v) is 2.44. The van der Waals surface area contributed by atoms with E-state index in [0.717, 1.165) is 16.7 Å². The predicted octanol–water partition coefficient (Wildman–Crippen LogP) is 2.65. The van der Waals surface area contributed by atoms with Gasteiger partial charge in [-0.15, -0.1) is 0 Å². The van der Waals surface area contributed by atoms with Crippen LogP contribution in [0.2, 0.25) is 0 Å². The number of aliphatic hydroxyl groups excluding tert-OH is 1. The Kier molecular flexibility index (Phi) is 5.80. The topological polar surface area (TPSA) is 56.9 Å². The highest BCUT2D eigenvalue weighted by Crippen LogP contribution is 2.26. The number of rotatable bonds is 7. The van der Waals surface area contributed by atoms with Crippen LogP contribution in [0.5, 0.6) is 0 Å². The molecule has 2 atom stereocenters. The molecule has 5 nitrogen and oxygen atoms in total. The first-order valence-electron chi connectivity index (χ1n) is 7.99. The van der Waals surface area contributed by atoms with Crippen LogP contribution >= 0.6 is 0 Å². The van der Waals surface area contributed by atoms with E-state index < -0.39 is 0 Å². The summed E-state index contributed by atoms with van der Waals surface area (Å²) in [5.74, 6) is 0.819. The van der Waals surface area contributed by atoms with Crippen LogP contribution in [-0.2, 0) is 4.79 Å². The first kappa shape index (κ1) is 17.5. The monoisotopic (exact) mass is 318 g/mol. The Morgan fingerprint density at radius 1 is 1.26 bits per heavy atom. The van der Waals surface area contributed by atoms with Gasteiger partial charge in [-0.25, -0.2) is 0 Å². The Morgan fingerprint density at radius 2 is 1.96 bits per heavy atom. The molecule has 1 N–H and O–H groups in total. The number of benzene rings is 1. The summed E-state index contributed by atoms with van der Waals surface area (Å²) >= 11 is 0. The molecule has 0 radical (unpaired) electrons. The number of furan rings is 1. The smallest absolute Gasteiger partial charge is 0.237 e. The molecular weight excluding hydrogens is 292 g/mol. The summed E-state index contributed by atoms with van der Waals surface area (Å²) in [4.78, 5) is 16.0. The number of amides is 1. The largest absolute Gasteiger partial charge is 0.459 e. The minimum atomic E-state index is -0.347. The van der Waals surface area contributed by atoms with Gasteiger partial charge >= 0.3 is 0 Å². The van der Waals surface area contributed by atoms with Crippen molar-refractivity contribution in [3.63, 3.8) is 0 Å². The molecule has 0 aliphatic rings. The van der Waals surface area contributed by atoms with E-state index in [1.54, 1.807) is 18.9 Å². The van der Waals surface area contributed by atoms with Crippen molar-refractivity contribution in [1.82, 2.24) is 9.80 Å². The van der Waals surface area contributed by atoms with Gasteiger partial charge in [-0.1, -0.05) is 18.2 Å². The Labute approximate surface area is 137 Å². The predicted molar refractivity (Wildman–Crippen MR) is 91.2 cm³/mol. The normalized spacial score (nSPS) is 14.2. The second-order valence-corrected chi connectivity index (χ2v) is 6.24. The van der Waals surface area contributed by atoms with E-state index in [0.29, 0.717) is 19.5 Å². The quantitative estimate of drug-likeness (QED) is 0.853. The van der Waals surface area contributed by atoms with Gasteiger partial charge in [0, 0.05) is 19.0 Å². The van der Waals surface area contributed by atoms with Crippen molar-refractivity contribution in [1.29, 1.82) is 0 Å². The number of fused-ring (bicyclic) bond motifs is 1. The molecule has 1 aromatic carbocycles. The molecule has 0 fully saturated rings.